The van der Waals surface area contributed by atoms with Gasteiger partial charge in [0.25, 0.3) is 0 Å². The Morgan fingerprint density at radius 1 is 1.15 bits per heavy atom. The Morgan fingerprint density at radius 2 is 2.00 bits per heavy atom. The Hall–Kier alpha value is -1.35. The zero-order valence-corrected chi connectivity index (χ0v) is 17.7. The van der Waals surface area contributed by atoms with Gasteiger partial charge in [-0.1, -0.05) is 46.6 Å². The fourth-order valence-corrected chi connectivity index (χ4v) is 5.41. The lowest BCUT2D eigenvalue weighted by atomic mass is 9.67. The van der Waals surface area contributed by atoms with Crippen molar-refractivity contribution in [2.45, 2.75) is 84.1 Å². The molecule has 27 heavy (non-hydrogen) atoms. The summed E-state index contributed by atoms with van der Waals surface area (Å²) in [5, 5.41) is 0. The molecule has 2 saturated heterocycles. The van der Waals surface area contributed by atoms with E-state index in [-0.39, 0.29) is 5.41 Å². The predicted molar refractivity (Wildman–Crippen MR) is 113 cm³/mol. The van der Waals surface area contributed by atoms with Crippen molar-refractivity contribution in [3.05, 3.63) is 36.3 Å². The van der Waals surface area contributed by atoms with Crippen LogP contribution in [-0.4, -0.2) is 33.4 Å². The number of hydrogen-bond acceptors (Lipinski definition) is 2. The summed E-state index contributed by atoms with van der Waals surface area (Å²) in [6, 6.07) is 7.13. The lowest BCUT2D eigenvalue weighted by Crippen LogP contribution is -2.35. The van der Waals surface area contributed by atoms with Crippen LogP contribution in [0.2, 0.25) is 0 Å². The number of hydrogen-bond donors (Lipinski definition) is 0. The number of imidazole rings is 1. The van der Waals surface area contributed by atoms with Crippen molar-refractivity contribution >= 4 is 5.65 Å². The summed E-state index contributed by atoms with van der Waals surface area (Å²) >= 11 is 0. The van der Waals surface area contributed by atoms with Crippen LogP contribution in [0.5, 0.6) is 0 Å². The maximum absolute atomic E-state index is 4.92. The van der Waals surface area contributed by atoms with E-state index >= 15 is 0 Å². The molecule has 4 heterocycles. The van der Waals surface area contributed by atoms with E-state index < -0.39 is 0 Å². The molecule has 2 aliphatic heterocycles. The molecule has 0 spiro atoms. The van der Waals surface area contributed by atoms with Crippen LogP contribution < -0.4 is 0 Å². The Bertz CT molecular complexity index is 730. The van der Waals surface area contributed by atoms with Crippen molar-refractivity contribution in [1.82, 2.24) is 14.3 Å². The largest absolute Gasteiger partial charge is 0.307 e. The zero-order chi connectivity index (χ0) is 19.1. The fourth-order valence-electron chi connectivity index (χ4n) is 5.41. The van der Waals surface area contributed by atoms with Crippen LogP contribution in [0, 0.1) is 11.3 Å². The van der Waals surface area contributed by atoms with E-state index in [4.69, 9.17) is 4.98 Å². The normalized spacial score (nSPS) is 26.2. The summed E-state index contributed by atoms with van der Waals surface area (Å²) < 4.78 is 2.16. The lowest BCUT2D eigenvalue weighted by Gasteiger charge is -2.37. The summed E-state index contributed by atoms with van der Waals surface area (Å²) in [6.07, 6.45) is 13.9. The van der Waals surface area contributed by atoms with E-state index in [2.05, 4.69) is 67.6 Å². The zero-order valence-electron chi connectivity index (χ0n) is 17.7. The molecule has 0 radical (unpaired) electrons. The van der Waals surface area contributed by atoms with Gasteiger partial charge in [0, 0.05) is 30.4 Å². The second-order valence-corrected chi connectivity index (χ2v) is 10.1. The van der Waals surface area contributed by atoms with Crippen molar-refractivity contribution in [2.24, 2.45) is 11.3 Å². The number of rotatable bonds is 6. The third-order valence-corrected chi connectivity index (χ3v) is 7.93. The highest BCUT2D eigenvalue weighted by atomic mass is 15.2. The first-order valence-corrected chi connectivity index (χ1v) is 11.1. The van der Waals surface area contributed by atoms with Crippen molar-refractivity contribution in [3.63, 3.8) is 0 Å². The van der Waals surface area contributed by atoms with E-state index in [1.165, 1.54) is 63.7 Å². The molecule has 0 aliphatic carbocycles. The molecule has 3 heteroatoms. The molecule has 0 aromatic carbocycles. The van der Waals surface area contributed by atoms with Crippen LogP contribution in [0.25, 0.3) is 5.65 Å². The summed E-state index contributed by atoms with van der Waals surface area (Å²) in [7, 11) is 0. The van der Waals surface area contributed by atoms with Crippen LogP contribution in [0.3, 0.4) is 0 Å². The third-order valence-electron chi connectivity index (χ3n) is 7.93. The SMILES string of the molecule is CCC(C)(CCC(C)(C)c1cn2ccccc2n1)C1CC2CCCCN2C1. The molecule has 0 bridgehead atoms. The second kappa shape index (κ2) is 7.24. The molecule has 2 fully saturated rings. The van der Waals surface area contributed by atoms with Gasteiger partial charge in [0.2, 0.25) is 0 Å². The minimum absolute atomic E-state index is 0.119. The second-order valence-electron chi connectivity index (χ2n) is 10.1. The number of nitrogens with zero attached hydrogens (tertiary/aromatic N) is 3. The highest BCUT2D eigenvalue weighted by Crippen LogP contribution is 2.46. The van der Waals surface area contributed by atoms with Crippen molar-refractivity contribution < 1.29 is 0 Å². The maximum atomic E-state index is 4.92. The van der Waals surface area contributed by atoms with E-state index in [1.807, 2.05) is 0 Å². The molecule has 4 rings (SSSR count). The van der Waals surface area contributed by atoms with Gasteiger partial charge in [-0.05, 0) is 62.1 Å². The molecule has 2 aromatic heterocycles. The van der Waals surface area contributed by atoms with E-state index in [0.717, 1.165) is 17.6 Å². The van der Waals surface area contributed by atoms with Gasteiger partial charge in [0.05, 0.1) is 5.69 Å². The van der Waals surface area contributed by atoms with Crippen molar-refractivity contribution in [3.8, 4) is 0 Å². The molecule has 0 saturated carbocycles. The van der Waals surface area contributed by atoms with Gasteiger partial charge in [-0.15, -0.1) is 0 Å². The molecule has 148 valence electrons. The van der Waals surface area contributed by atoms with Gasteiger partial charge >= 0.3 is 0 Å². The van der Waals surface area contributed by atoms with Gasteiger partial charge in [-0.3, -0.25) is 0 Å². The standard InChI is InChI=1S/C24H37N3/c1-5-24(4,19-16-20-10-6-8-14-26(20)17-19)13-12-23(2,3)21-18-27-15-9-7-11-22(27)25-21/h7,9,11,15,18-20H,5-6,8,10,12-14,16-17H2,1-4H3. The first kappa shape index (κ1) is 19.0. The monoisotopic (exact) mass is 367 g/mol. The summed E-state index contributed by atoms with van der Waals surface area (Å²) in [5.74, 6) is 0.863. The minimum Gasteiger partial charge on any atom is -0.307 e. The van der Waals surface area contributed by atoms with Crippen molar-refractivity contribution in [2.75, 3.05) is 13.1 Å². The average molecular weight is 368 g/mol. The summed E-state index contributed by atoms with van der Waals surface area (Å²) in [6.45, 7) is 12.4. The smallest absolute Gasteiger partial charge is 0.136 e. The first-order valence-electron chi connectivity index (χ1n) is 11.1. The van der Waals surface area contributed by atoms with Crippen LogP contribution in [0.4, 0.5) is 0 Å². The molecule has 3 unspecified atom stereocenters. The predicted octanol–water partition coefficient (Wildman–Crippen LogP) is 5.68. The van der Waals surface area contributed by atoms with Crippen molar-refractivity contribution in [1.29, 1.82) is 0 Å². The summed E-state index contributed by atoms with van der Waals surface area (Å²) in [4.78, 5) is 7.72. The van der Waals surface area contributed by atoms with Crippen LogP contribution in [-0.2, 0) is 5.41 Å². The molecule has 0 N–H and O–H groups in total. The topological polar surface area (TPSA) is 20.5 Å². The molecule has 3 atom stereocenters. The van der Waals surface area contributed by atoms with Crippen LogP contribution >= 0.6 is 0 Å². The highest BCUT2D eigenvalue weighted by Gasteiger charge is 2.43. The van der Waals surface area contributed by atoms with E-state index in [0.29, 0.717) is 5.41 Å². The molecule has 2 aromatic rings. The van der Waals surface area contributed by atoms with Crippen LogP contribution in [0.1, 0.15) is 78.3 Å². The Balaban J connectivity index is 1.46. The highest BCUT2D eigenvalue weighted by molar-refractivity contribution is 5.40. The number of pyridine rings is 1. The average Bonchev–Trinajstić information content (AvgIpc) is 3.31. The fraction of sp³-hybridized carbons (Fsp3) is 0.708. The third kappa shape index (κ3) is 3.68. The Kier molecular flexibility index (Phi) is 5.09. The lowest BCUT2D eigenvalue weighted by molar-refractivity contribution is 0.142. The Labute approximate surface area is 165 Å². The van der Waals surface area contributed by atoms with E-state index in [1.54, 1.807) is 0 Å². The molecule has 0 amide bonds. The summed E-state index contributed by atoms with van der Waals surface area (Å²) in [5.41, 5.74) is 2.87. The van der Waals surface area contributed by atoms with Gasteiger partial charge in [-0.2, -0.15) is 0 Å². The first-order chi connectivity index (χ1) is 12.9. The quantitative estimate of drug-likeness (QED) is 0.654. The van der Waals surface area contributed by atoms with E-state index in [9.17, 15) is 0 Å². The molecule has 2 aliphatic rings. The molecule has 3 nitrogen and oxygen atoms in total. The molecular weight excluding hydrogens is 330 g/mol. The number of fused-ring (bicyclic) bond motifs is 2. The number of aromatic nitrogens is 2. The van der Waals surface area contributed by atoms with Gasteiger partial charge < -0.3 is 9.30 Å². The van der Waals surface area contributed by atoms with Crippen LogP contribution in [0.15, 0.2) is 30.6 Å². The maximum Gasteiger partial charge on any atom is 0.136 e. The van der Waals surface area contributed by atoms with Gasteiger partial charge in [0.15, 0.2) is 0 Å². The minimum atomic E-state index is 0.119. The van der Waals surface area contributed by atoms with Gasteiger partial charge in [-0.25, -0.2) is 4.98 Å². The van der Waals surface area contributed by atoms with Gasteiger partial charge in [0.1, 0.15) is 5.65 Å². The Morgan fingerprint density at radius 3 is 2.74 bits per heavy atom. The molecular formula is C24H37N3. The number of piperidine rings is 1.